The zero-order valence-corrected chi connectivity index (χ0v) is 15.0. The van der Waals surface area contributed by atoms with Crippen molar-refractivity contribution in [2.75, 3.05) is 14.2 Å². The first-order valence-corrected chi connectivity index (χ1v) is 8.41. The highest BCUT2D eigenvalue weighted by Gasteiger charge is 2.31. The van der Waals surface area contributed by atoms with Crippen molar-refractivity contribution in [2.24, 2.45) is 5.41 Å². The number of nitrogens with one attached hydrogen (secondary N) is 1. The smallest absolute Gasteiger partial charge is 0.161 e. The molecule has 1 aromatic rings. The van der Waals surface area contributed by atoms with Gasteiger partial charge >= 0.3 is 0 Å². The zero-order valence-electron chi connectivity index (χ0n) is 13.5. The summed E-state index contributed by atoms with van der Waals surface area (Å²) in [6, 6.07) is 4.60. The van der Waals surface area contributed by atoms with Crippen LogP contribution in [0.15, 0.2) is 16.6 Å². The summed E-state index contributed by atoms with van der Waals surface area (Å²) in [5.41, 5.74) is 1.58. The summed E-state index contributed by atoms with van der Waals surface area (Å²) < 4.78 is 11.8. The Kier molecular flexibility index (Phi) is 5.55. The molecule has 118 valence electrons. The number of hydrogen-bond donors (Lipinski definition) is 1. The molecule has 1 atom stereocenters. The Bertz CT molecular complexity index is 488. The minimum atomic E-state index is 0.376. The monoisotopic (exact) mass is 355 g/mol. The van der Waals surface area contributed by atoms with E-state index in [1.54, 1.807) is 14.2 Å². The molecular formula is C17H26BrNO2. The van der Waals surface area contributed by atoms with Gasteiger partial charge in [0.25, 0.3) is 0 Å². The Hall–Kier alpha value is -0.740. The largest absolute Gasteiger partial charge is 0.493 e. The van der Waals surface area contributed by atoms with Crippen molar-refractivity contribution in [1.82, 2.24) is 5.32 Å². The van der Waals surface area contributed by atoms with Gasteiger partial charge in [0.05, 0.1) is 14.2 Å². The first-order chi connectivity index (χ1) is 9.97. The SMILES string of the molecule is COc1cc(Br)c(CNC2CCCCC2(C)C)cc1OC. The van der Waals surface area contributed by atoms with Crippen molar-refractivity contribution in [2.45, 2.75) is 52.1 Å². The molecule has 4 heteroatoms. The van der Waals surface area contributed by atoms with E-state index in [2.05, 4.69) is 35.1 Å². The topological polar surface area (TPSA) is 30.5 Å². The van der Waals surface area contributed by atoms with Crippen LogP contribution in [0.2, 0.25) is 0 Å². The maximum Gasteiger partial charge on any atom is 0.161 e. The minimum Gasteiger partial charge on any atom is -0.493 e. The van der Waals surface area contributed by atoms with E-state index in [4.69, 9.17) is 9.47 Å². The zero-order chi connectivity index (χ0) is 15.5. The number of methoxy groups -OCH3 is 2. The Balaban J connectivity index is 2.09. The lowest BCUT2D eigenvalue weighted by atomic mass is 9.73. The van der Waals surface area contributed by atoms with E-state index in [1.165, 1.54) is 31.2 Å². The molecule has 1 unspecified atom stereocenters. The van der Waals surface area contributed by atoms with Crippen LogP contribution in [0.1, 0.15) is 45.1 Å². The molecule has 1 fully saturated rings. The summed E-state index contributed by atoms with van der Waals surface area (Å²) in [6.07, 6.45) is 5.25. The Morgan fingerprint density at radius 3 is 2.48 bits per heavy atom. The van der Waals surface area contributed by atoms with Gasteiger partial charge in [-0.25, -0.2) is 0 Å². The van der Waals surface area contributed by atoms with Crippen molar-refractivity contribution in [3.8, 4) is 11.5 Å². The summed E-state index contributed by atoms with van der Waals surface area (Å²) in [5, 5.41) is 3.73. The second kappa shape index (κ2) is 7.01. The molecule has 0 radical (unpaired) electrons. The van der Waals surface area contributed by atoms with Crippen molar-refractivity contribution < 1.29 is 9.47 Å². The summed E-state index contributed by atoms with van der Waals surface area (Å²) in [5.74, 6) is 1.53. The van der Waals surface area contributed by atoms with Crippen LogP contribution in [0, 0.1) is 5.41 Å². The predicted octanol–water partition coefficient (Wildman–Crippen LogP) is 4.52. The highest BCUT2D eigenvalue weighted by atomic mass is 79.9. The van der Waals surface area contributed by atoms with Gasteiger partial charge in [0.1, 0.15) is 0 Å². The maximum absolute atomic E-state index is 5.39. The molecule has 0 bridgehead atoms. The second-order valence-electron chi connectivity index (χ2n) is 6.47. The van der Waals surface area contributed by atoms with E-state index in [9.17, 15) is 0 Å². The highest BCUT2D eigenvalue weighted by Crippen LogP contribution is 2.37. The molecule has 0 aliphatic heterocycles. The molecule has 0 amide bonds. The fraction of sp³-hybridized carbons (Fsp3) is 0.647. The van der Waals surface area contributed by atoms with E-state index in [1.807, 2.05) is 12.1 Å². The van der Waals surface area contributed by atoms with Gasteiger partial charge in [0.2, 0.25) is 0 Å². The molecule has 1 aliphatic rings. The van der Waals surface area contributed by atoms with E-state index in [-0.39, 0.29) is 0 Å². The van der Waals surface area contributed by atoms with Crippen LogP contribution in [0.25, 0.3) is 0 Å². The fourth-order valence-corrected chi connectivity index (χ4v) is 3.60. The number of benzene rings is 1. The quantitative estimate of drug-likeness (QED) is 0.841. The molecule has 21 heavy (non-hydrogen) atoms. The number of ether oxygens (including phenoxy) is 2. The minimum absolute atomic E-state index is 0.376. The highest BCUT2D eigenvalue weighted by molar-refractivity contribution is 9.10. The van der Waals surface area contributed by atoms with Crippen molar-refractivity contribution in [3.63, 3.8) is 0 Å². The third kappa shape index (κ3) is 3.92. The van der Waals surface area contributed by atoms with Crippen LogP contribution in [-0.2, 0) is 6.54 Å². The van der Waals surface area contributed by atoms with E-state index < -0.39 is 0 Å². The Morgan fingerprint density at radius 1 is 1.19 bits per heavy atom. The lowest BCUT2D eigenvalue weighted by Gasteiger charge is -2.39. The standard InChI is InChI=1S/C17H26BrNO2/c1-17(2)8-6-5-7-16(17)19-11-12-9-14(20-3)15(21-4)10-13(12)18/h9-10,16,19H,5-8,11H2,1-4H3. The molecule has 0 saturated heterocycles. The van der Waals surface area contributed by atoms with Gasteiger partial charge in [0.15, 0.2) is 11.5 Å². The van der Waals surface area contributed by atoms with Gasteiger partial charge < -0.3 is 14.8 Å². The van der Waals surface area contributed by atoms with E-state index in [0.29, 0.717) is 11.5 Å². The lowest BCUT2D eigenvalue weighted by molar-refractivity contribution is 0.166. The van der Waals surface area contributed by atoms with Crippen LogP contribution >= 0.6 is 15.9 Å². The van der Waals surface area contributed by atoms with Gasteiger partial charge in [-0.1, -0.05) is 42.6 Å². The van der Waals surface area contributed by atoms with Gasteiger partial charge in [-0.2, -0.15) is 0 Å². The van der Waals surface area contributed by atoms with Crippen LogP contribution in [0.3, 0.4) is 0 Å². The molecular weight excluding hydrogens is 330 g/mol. The van der Waals surface area contributed by atoms with Crippen LogP contribution in [0.4, 0.5) is 0 Å². The molecule has 3 nitrogen and oxygen atoms in total. The average Bonchev–Trinajstić information content (AvgIpc) is 2.46. The van der Waals surface area contributed by atoms with Crippen molar-refractivity contribution >= 4 is 15.9 Å². The summed E-state index contributed by atoms with van der Waals surface area (Å²) in [7, 11) is 3.33. The summed E-state index contributed by atoms with van der Waals surface area (Å²) in [4.78, 5) is 0. The first-order valence-electron chi connectivity index (χ1n) is 7.61. The third-order valence-electron chi connectivity index (χ3n) is 4.60. The number of rotatable bonds is 5. The molecule has 1 aliphatic carbocycles. The summed E-state index contributed by atoms with van der Waals surface area (Å²) >= 11 is 3.63. The van der Waals surface area contributed by atoms with Crippen molar-refractivity contribution in [3.05, 3.63) is 22.2 Å². The average molecular weight is 356 g/mol. The summed E-state index contributed by atoms with van der Waals surface area (Å²) in [6.45, 7) is 5.58. The van der Waals surface area contributed by atoms with Crippen LogP contribution in [0.5, 0.6) is 11.5 Å². The lowest BCUT2D eigenvalue weighted by Crippen LogP contribution is -2.43. The molecule has 0 spiro atoms. The molecule has 2 rings (SSSR count). The van der Waals surface area contributed by atoms with Crippen molar-refractivity contribution in [1.29, 1.82) is 0 Å². The maximum atomic E-state index is 5.39. The first kappa shape index (κ1) is 16.6. The molecule has 1 saturated carbocycles. The second-order valence-corrected chi connectivity index (χ2v) is 7.32. The number of hydrogen-bond acceptors (Lipinski definition) is 3. The Labute approximate surface area is 136 Å². The predicted molar refractivity (Wildman–Crippen MR) is 90.1 cm³/mol. The Morgan fingerprint density at radius 2 is 1.86 bits per heavy atom. The molecule has 0 heterocycles. The third-order valence-corrected chi connectivity index (χ3v) is 5.34. The molecule has 1 aromatic carbocycles. The van der Waals surface area contributed by atoms with Crippen LogP contribution in [-0.4, -0.2) is 20.3 Å². The molecule has 0 aromatic heterocycles. The fourth-order valence-electron chi connectivity index (χ4n) is 3.14. The van der Waals surface area contributed by atoms with Gasteiger partial charge in [-0.3, -0.25) is 0 Å². The van der Waals surface area contributed by atoms with Gasteiger partial charge in [-0.15, -0.1) is 0 Å². The van der Waals surface area contributed by atoms with Gasteiger partial charge in [-0.05, 0) is 36.0 Å². The van der Waals surface area contributed by atoms with E-state index >= 15 is 0 Å². The molecule has 1 N–H and O–H groups in total. The number of halogens is 1. The van der Waals surface area contributed by atoms with E-state index in [0.717, 1.165) is 22.5 Å². The van der Waals surface area contributed by atoms with Gasteiger partial charge in [0, 0.05) is 17.1 Å². The van der Waals surface area contributed by atoms with Crippen LogP contribution < -0.4 is 14.8 Å². The normalized spacial score (nSPS) is 21.1.